The number of hydrogen-bond donors (Lipinski definition) is 2. The maximum Gasteiger partial charge on any atom is 0.0620 e. The fourth-order valence-corrected chi connectivity index (χ4v) is 2.40. The molecule has 0 saturated carbocycles. The van der Waals surface area contributed by atoms with Crippen molar-refractivity contribution >= 4 is 28.8 Å². The van der Waals surface area contributed by atoms with Gasteiger partial charge in [0.25, 0.3) is 0 Å². The molecule has 0 heterocycles. The van der Waals surface area contributed by atoms with Crippen LogP contribution in [-0.4, -0.2) is 5.75 Å². The summed E-state index contributed by atoms with van der Waals surface area (Å²) >= 11 is 1.84. The van der Waals surface area contributed by atoms with Crippen LogP contribution in [0, 0.1) is 6.92 Å². The minimum absolute atomic E-state index is 0.771. The molecule has 0 unspecified atom stereocenters. The van der Waals surface area contributed by atoms with Crippen LogP contribution in [-0.2, 0) is 0 Å². The highest BCUT2D eigenvalue weighted by atomic mass is 32.2. The summed E-state index contributed by atoms with van der Waals surface area (Å²) in [5, 5.41) is 3.35. The molecular weight excluding hydrogens is 240 g/mol. The molecule has 2 aromatic carbocycles. The van der Waals surface area contributed by atoms with Gasteiger partial charge in [-0.2, -0.15) is 0 Å². The van der Waals surface area contributed by atoms with Crippen molar-refractivity contribution in [2.45, 2.75) is 18.7 Å². The molecule has 0 aliphatic rings. The molecule has 2 aromatic rings. The number of nitrogens with two attached hydrogens (primary N) is 1. The first-order chi connectivity index (χ1) is 8.69. The fourth-order valence-electron chi connectivity index (χ4n) is 1.74. The van der Waals surface area contributed by atoms with Crippen molar-refractivity contribution < 1.29 is 0 Å². The normalized spacial score (nSPS) is 10.3. The Morgan fingerprint density at radius 2 is 1.83 bits per heavy atom. The minimum Gasteiger partial charge on any atom is -0.397 e. The summed E-state index contributed by atoms with van der Waals surface area (Å²) in [6.45, 7) is 4.22. The Hall–Kier alpha value is -1.61. The van der Waals surface area contributed by atoms with Gasteiger partial charge in [-0.3, -0.25) is 0 Å². The highest BCUT2D eigenvalue weighted by Gasteiger charge is 2.00. The zero-order valence-electron chi connectivity index (χ0n) is 10.7. The average molecular weight is 258 g/mol. The molecule has 0 bridgehead atoms. The SMILES string of the molecule is CCSc1ccc(Nc2cc(C)ccc2N)cc1. The van der Waals surface area contributed by atoms with E-state index in [9.17, 15) is 0 Å². The Kier molecular flexibility index (Phi) is 4.15. The largest absolute Gasteiger partial charge is 0.397 e. The molecule has 0 aliphatic carbocycles. The van der Waals surface area contributed by atoms with Gasteiger partial charge in [0.1, 0.15) is 0 Å². The quantitative estimate of drug-likeness (QED) is 0.629. The number of anilines is 3. The second kappa shape index (κ2) is 5.83. The number of hydrogen-bond acceptors (Lipinski definition) is 3. The topological polar surface area (TPSA) is 38.0 Å². The lowest BCUT2D eigenvalue weighted by Gasteiger charge is -2.10. The smallest absolute Gasteiger partial charge is 0.0620 e. The van der Waals surface area contributed by atoms with Crippen molar-refractivity contribution in [1.82, 2.24) is 0 Å². The number of benzene rings is 2. The molecule has 0 aliphatic heterocycles. The van der Waals surface area contributed by atoms with Crippen LogP contribution < -0.4 is 11.1 Å². The zero-order valence-corrected chi connectivity index (χ0v) is 11.6. The first-order valence-corrected chi connectivity index (χ1v) is 7.03. The van der Waals surface area contributed by atoms with E-state index in [2.05, 4.69) is 49.5 Å². The van der Waals surface area contributed by atoms with E-state index < -0.39 is 0 Å². The van der Waals surface area contributed by atoms with Crippen LogP contribution in [0.5, 0.6) is 0 Å². The van der Waals surface area contributed by atoms with Crippen molar-refractivity contribution in [2.75, 3.05) is 16.8 Å². The second-order valence-corrected chi connectivity index (χ2v) is 5.51. The Balaban J connectivity index is 2.15. The number of aryl methyl sites for hydroxylation is 1. The predicted octanol–water partition coefficient (Wildman–Crippen LogP) is 4.43. The lowest BCUT2D eigenvalue weighted by atomic mass is 10.2. The lowest BCUT2D eigenvalue weighted by molar-refractivity contribution is 1.41. The number of thioether (sulfide) groups is 1. The summed E-state index contributed by atoms with van der Waals surface area (Å²) in [4.78, 5) is 1.29. The Morgan fingerprint density at radius 1 is 1.11 bits per heavy atom. The summed E-state index contributed by atoms with van der Waals surface area (Å²) in [6, 6.07) is 14.4. The van der Waals surface area contributed by atoms with Gasteiger partial charge in [-0.25, -0.2) is 0 Å². The van der Waals surface area contributed by atoms with Gasteiger partial charge in [-0.05, 0) is 54.6 Å². The van der Waals surface area contributed by atoms with E-state index in [4.69, 9.17) is 5.73 Å². The number of rotatable bonds is 4. The van der Waals surface area contributed by atoms with Gasteiger partial charge in [0.05, 0.1) is 11.4 Å². The maximum atomic E-state index is 5.95. The van der Waals surface area contributed by atoms with E-state index in [0.717, 1.165) is 22.8 Å². The van der Waals surface area contributed by atoms with Crippen molar-refractivity contribution in [3.05, 3.63) is 48.0 Å². The first-order valence-electron chi connectivity index (χ1n) is 6.05. The molecule has 18 heavy (non-hydrogen) atoms. The van der Waals surface area contributed by atoms with E-state index >= 15 is 0 Å². The van der Waals surface area contributed by atoms with Crippen molar-refractivity contribution in [1.29, 1.82) is 0 Å². The molecule has 0 spiro atoms. The van der Waals surface area contributed by atoms with Crippen LogP contribution >= 0.6 is 11.8 Å². The Labute approximate surface area is 113 Å². The summed E-state index contributed by atoms with van der Waals surface area (Å²) in [5.41, 5.74) is 9.94. The molecule has 0 amide bonds. The average Bonchev–Trinajstić information content (AvgIpc) is 2.37. The summed E-state index contributed by atoms with van der Waals surface area (Å²) < 4.78 is 0. The van der Waals surface area contributed by atoms with Crippen molar-refractivity contribution in [3.63, 3.8) is 0 Å². The highest BCUT2D eigenvalue weighted by molar-refractivity contribution is 7.99. The molecule has 94 valence electrons. The molecule has 2 rings (SSSR count). The number of nitrogens with one attached hydrogen (secondary N) is 1. The molecule has 0 aromatic heterocycles. The lowest BCUT2D eigenvalue weighted by Crippen LogP contribution is -1.96. The molecule has 3 N–H and O–H groups in total. The van der Waals surface area contributed by atoms with Crippen molar-refractivity contribution in [2.24, 2.45) is 0 Å². The van der Waals surface area contributed by atoms with Gasteiger partial charge in [-0.15, -0.1) is 11.8 Å². The zero-order chi connectivity index (χ0) is 13.0. The fraction of sp³-hybridized carbons (Fsp3) is 0.200. The van der Waals surface area contributed by atoms with Crippen LogP contribution in [0.2, 0.25) is 0 Å². The number of nitrogen functional groups attached to an aromatic ring is 1. The summed E-state index contributed by atoms with van der Waals surface area (Å²) in [5.74, 6) is 1.09. The minimum atomic E-state index is 0.771. The van der Waals surface area contributed by atoms with Crippen LogP contribution in [0.3, 0.4) is 0 Å². The molecule has 0 saturated heterocycles. The molecule has 0 fully saturated rings. The molecule has 2 nitrogen and oxygen atoms in total. The van der Waals surface area contributed by atoms with Gasteiger partial charge in [0.2, 0.25) is 0 Å². The van der Waals surface area contributed by atoms with Crippen molar-refractivity contribution in [3.8, 4) is 0 Å². The standard InChI is InChI=1S/C15H18N2S/c1-3-18-13-7-5-12(6-8-13)17-15-10-11(2)4-9-14(15)16/h4-10,17H,3,16H2,1-2H3. The highest BCUT2D eigenvalue weighted by Crippen LogP contribution is 2.26. The predicted molar refractivity (Wildman–Crippen MR) is 81.7 cm³/mol. The van der Waals surface area contributed by atoms with E-state index in [1.807, 2.05) is 23.9 Å². The van der Waals surface area contributed by atoms with E-state index in [1.165, 1.54) is 10.5 Å². The van der Waals surface area contributed by atoms with Gasteiger partial charge >= 0.3 is 0 Å². The van der Waals surface area contributed by atoms with Gasteiger partial charge < -0.3 is 11.1 Å². The van der Waals surface area contributed by atoms with Gasteiger partial charge in [-0.1, -0.05) is 13.0 Å². The molecular formula is C15H18N2S. The Bertz CT molecular complexity index is 521. The third kappa shape index (κ3) is 3.20. The first kappa shape index (κ1) is 12.8. The molecule has 0 radical (unpaired) electrons. The van der Waals surface area contributed by atoms with Crippen LogP contribution in [0.25, 0.3) is 0 Å². The van der Waals surface area contributed by atoms with Crippen LogP contribution in [0.4, 0.5) is 17.1 Å². The third-order valence-electron chi connectivity index (χ3n) is 2.65. The van der Waals surface area contributed by atoms with E-state index in [0.29, 0.717) is 0 Å². The van der Waals surface area contributed by atoms with Gasteiger partial charge in [0, 0.05) is 10.6 Å². The third-order valence-corrected chi connectivity index (χ3v) is 3.55. The molecule has 3 heteroatoms. The maximum absolute atomic E-state index is 5.95. The summed E-state index contributed by atoms with van der Waals surface area (Å²) in [6.07, 6.45) is 0. The van der Waals surface area contributed by atoms with Crippen LogP contribution in [0.1, 0.15) is 12.5 Å². The molecule has 0 atom stereocenters. The summed E-state index contributed by atoms with van der Waals surface area (Å²) in [7, 11) is 0. The Morgan fingerprint density at radius 3 is 2.50 bits per heavy atom. The van der Waals surface area contributed by atoms with E-state index in [1.54, 1.807) is 0 Å². The van der Waals surface area contributed by atoms with E-state index in [-0.39, 0.29) is 0 Å². The van der Waals surface area contributed by atoms with Crippen LogP contribution in [0.15, 0.2) is 47.4 Å². The van der Waals surface area contributed by atoms with Gasteiger partial charge in [0.15, 0.2) is 0 Å². The monoisotopic (exact) mass is 258 g/mol. The second-order valence-electron chi connectivity index (χ2n) is 4.17.